The van der Waals surface area contributed by atoms with Gasteiger partial charge in [-0.25, -0.2) is 0 Å². The number of benzene rings is 3. The summed E-state index contributed by atoms with van der Waals surface area (Å²) in [6.07, 6.45) is -1.84. The Kier molecular flexibility index (Phi) is 8.01. The highest BCUT2D eigenvalue weighted by Gasteiger charge is 2.30. The molecule has 0 aliphatic carbocycles. The summed E-state index contributed by atoms with van der Waals surface area (Å²) in [6, 6.07) is 20.4. The van der Waals surface area contributed by atoms with Crippen LogP contribution in [-0.4, -0.2) is 30.3 Å². The van der Waals surface area contributed by atoms with E-state index in [1.54, 1.807) is 6.07 Å². The van der Waals surface area contributed by atoms with Crippen molar-refractivity contribution in [3.05, 3.63) is 101 Å². The normalized spacial score (nSPS) is 14.4. The molecule has 0 aromatic heterocycles. The molecule has 0 atom stereocenters. The number of halogens is 5. The van der Waals surface area contributed by atoms with E-state index in [0.717, 1.165) is 22.8 Å². The van der Waals surface area contributed by atoms with Crippen molar-refractivity contribution in [2.75, 3.05) is 19.6 Å². The SMILES string of the molecule is Cl.O=C(CN1CC=C(c2cccc(C(F)(F)F)c2)CC1)c1ccc(-c2cccc(Cl)c2)cc1. The van der Waals surface area contributed by atoms with Gasteiger partial charge in [0.05, 0.1) is 12.1 Å². The third-order valence-corrected chi connectivity index (χ3v) is 5.82. The Bertz CT molecular complexity index is 1160. The molecular formula is C26H22Cl2F3NO. The molecule has 1 heterocycles. The van der Waals surface area contributed by atoms with E-state index in [2.05, 4.69) is 0 Å². The fourth-order valence-corrected chi connectivity index (χ4v) is 4.01. The smallest absolute Gasteiger partial charge is 0.293 e. The van der Waals surface area contributed by atoms with Crippen molar-refractivity contribution < 1.29 is 18.0 Å². The first-order chi connectivity index (χ1) is 15.3. The minimum atomic E-state index is -4.36. The second-order valence-electron chi connectivity index (χ2n) is 7.80. The van der Waals surface area contributed by atoms with Gasteiger partial charge in [-0.05, 0) is 52.9 Å². The van der Waals surface area contributed by atoms with Crippen molar-refractivity contribution in [1.82, 2.24) is 4.90 Å². The predicted octanol–water partition coefficient (Wildman–Crippen LogP) is 7.42. The fraction of sp³-hybridized carbons (Fsp3) is 0.192. The van der Waals surface area contributed by atoms with Crippen LogP contribution >= 0.6 is 24.0 Å². The monoisotopic (exact) mass is 491 g/mol. The van der Waals surface area contributed by atoms with Crippen molar-refractivity contribution in [3.8, 4) is 11.1 Å². The van der Waals surface area contributed by atoms with Gasteiger partial charge in [0, 0.05) is 23.7 Å². The summed E-state index contributed by atoms with van der Waals surface area (Å²) in [5.41, 5.74) is 3.42. The Morgan fingerprint density at radius 2 is 1.61 bits per heavy atom. The molecule has 1 aliphatic heterocycles. The Hall–Kier alpha value is -2.60. The van der Waals surface area contributed by atoms with Crippen molar-refractivity contribution in [3.63, 3.8) is 0 Å². The van der Waals surface area contributed by atoms with Crippen LogP contribution in [0.25, 0.3) is 16.7 Å². The largest absolute Gasteiger partial charge is 0.416 e. The first kappa shape index (κ1) is 25.0. The van der Waals surface area contributed by atoms with E-state index in [9.17, 15) is 18.0 Å². The molecule has 0 spiro atoms. The lowest BCUT2D eigenvalue weighted by Crippen LogP contribution is -2.33. The first-order valence-electron chi connectivity index (χ1n) is 10.3. The lowest BCUT2D eigenvalue weighted by atomic mass is 9.97. The summed E-state index contributed by atoms with van der Waals surface area (Å²) in [7, 11) is 0. The zero-order valence-corrected chi connectivity index (χ0v) is 19.2. The van der Waals surface area contributed by atoms with Crippen LogP contribution in [-0.2, 0) is 6.18 Å². The van der Waals surface area contributed by atoms with Crippen molar-refractivity contribution in [2.24, 2.45) is 0 Å². The number of ketones is 1. The summed E-state index contributed by atoms with van der Waals surface area (Å²) >= 11 is 6.05. The molecule has 0 unspecified atom stereocenters. The molecule has 2 nitrogen and oxygen atoms in total. The quantitative estimate of drug-likeness (QED) is 0.346. The third kappa shape index (κ3) is 6.26. The maximum absolute atomic E-state index is 13.0. The van der Waals surface area contributed by atoms with Gasteiger partial charge in [0.2, 0.25) is 0 Å². The number of hydrogen-bond acceptors (Lipinski definition) is 2. The predicted molar refractivity (Wildman–Crippen MR) is 129 cm³/mol. The fourth-order valence-electron chi connectivity index (χ4n) is 3.82. The standard InChI is InChI=1S/C26H21ClF3NO.ClH/c27-24-6-2-4-22(16-24)18-7-9-20(10-8-18)25(32)17-31-13-11-19(12-14-31)21-3-1-5-23(15-21)26(28,29)30;/h1-11,15-16H,12-14,17H2;1H. The van der Waals surface area contributed by atoms with Gasteiger partial charge in [0.15, 0.2) is 5.78 Å². The van der Waals surface area contributed by atoms with Crippen molar-refractivity contribution >= 4 is 35.4 Å². The van der Waals surface area contributed by atoms with E-state index in [1.165, 1.54) is 12.1 Å². The van der Waals surface area contributed by atoms with E-state index in [1.807, 2.05) is 59.5 Å². The van der Waals surface area contributed by atoms with Crippen LogP contribution in [0.3, 0.4) is 0 Å². The number of carbonyl (C=O) groups is 1. The molecule has 3 aromatic rings. The van der Waals surface area contributed by atoms with Gasteiger partial charge in [-0.15, -0.1) is 12.4 Å². The van der Waals surface area contributed by atoms with Crippen LogP contribution < -0.4 is 0 Å². The molecule has 1 aliphatic rings. The molecule has 0 N–H and O–H groups in total. The molecule has 0 radical (unpaired) electrons. The number of nitrogens with zero attached hydrogens (tertiary/aromatic N) is 1. The third-order valence-electron chi connectivity index (χ3n) is 5.59. The molecule has 0 saturated carbocycles. The summed E-state index contributed by atoms with van der Waals surface area (Å²) in [5.74, 6) is 0.0126. The minimum absolute atomic E-state index is 0. The number of rotatable bonds is 5. The lowest BCUT2D eigenvalue weighted by molar-refractivity contribution is -0.137. The van der Waals surface area contributed by atoms with Crippen LogP contribution in [0.15, 0.2) is 78.9 Å². The van der Waals surface area contributed by atoms with Gasteiger partial charge in [-0.3, -0.25) is 9.69 Å². The van der Waals surface area contributed by atoms with E-state index >= 15 is 0 Å². The highest BCUT2D eigenvalue weighted by molar-refractivity contribution is 6.30. The van der Waals surface area contributed by atoms with Gasteiger partial charge < -0.3 is 0 Å². The Morgan fingerprint density at radius 3 is 2.24 bits per heavy atom. The molecule has 0 bridgehead atoms. The molecule has 0 fully saturated rings. The summed E-state index contributed by atoms with van der Waals surface area (Å²) in [5, 5.41) is 0.658. The van der Waals surface area contributed by atoms with Crippen LogP contribution in [0.2, 0.25) is 5.02 Å². The van der Waals surface area contributed by atoms with Crippen LogP contribution in [0, 0.1) is 0 Å². The van der Waals surface area contributed by atoms with Crippen molar-refractivity contribution in [2.45, 2.75) is 12.6 Å². The van der Waals surface area contributed by atoms with Crippen LogP contribution in [0.1, 0.15) is 27.9 Å². The zero-order chi connectivity index (χ0) is 22.7. The number of carbonyl (C=O) groups excluding carboxylic acids is 1. The van der Waals surface area contributed by atoms with Gasteiger partial charge in [0.1, 0.15) is 0 Å². The molecular weight excluding hydrogens is 470 g/mol. The highest BCUT2D eigenvalue weighted by atomic mass is 35.5. The Morgan fingerprint density at radius 1 is 0.909 bits per heavy atom. The van der Waals surface area contributed by atoms with Gasteiger partial charge in [0.25, 0.3) is 0 Å². The zero-order valence-electron chi connectivity index (χ0n) is 17.6. The number of alkyl halides is 3. The molecule has 7 heteroatoms. The molecule has 0 amide bonds. The molecule has 0 saturated heterocycles. The summed E-state index contributed by atoms with van der Waals surface area (Å²) in [6.45, 7) is 1.41. The molecule has 4 rings (SSSR count). The van der Waals surface area contributed by atoms with Gasteiger partial charge in [-0.1, -0.05) is 66.2 Å². The minimum Gasteiger partial charge on any atom is -0.293 e. The summed E-state index contributed by atoms with van der Waals surface area (Å²) in [4.78, 5) is 14.7. The van der Waals surface area contributed by atoms with Gasteiger partial charge >= 0.3 is 6.18 Å². The highest BCUT2D eigenvalue weighted by Crippen LogP contribution is 2.32. The van der Waals surface area contributed by atoms with Crippen molar-refractivity contribution in [1.29, 1.82) is 0 Å². The van der Waals surface area contributed by atoms with E-state index in [0.29, 0.717) is 35.7 Å². The van der Waals surface area contributed by atoms with E-state index in [4.69, 9.17) is 11.6 Å². The number of Topliss-reactive ketones (excluding diaryl/α,β-unsaturated/α-hetero) is 1. The molecule has 3 aromatic carbocycles. The maximum Gasteiger partial charge on any atom is 0.416 e. The van der Waals surface area contributed by atoms with Gasteiger partial charge in [-0.2, -0.15) is 13.2 Å². The second kappa shape index (κ2) is 10.6. The Labute approximate surface area is 202 Å². The van der Waals surface area contributed by atoms with Crippen LogP contribution in [0.5, 0.6) is 0 Å². The summed E-state index contributed by atoms with van der Waals surface area (Å²) < 4.78 is 38.9. The maximum atomic E-state index is 13.0. The average molecular weight is 492 g/mol. The number of hydrogen-bond donors (Lipinski definition) is 0. The average Bonchev–Trinajstić information content (AvgIpc) is 2.79. The molecule has 172 valence electrons. The topological polar surface area (TPSA) is 20.3 Å². The van der Waals surface area contributed by atoms with E-state index in [-0.39, 0.29) is 24.7 Å². The Balaban J connectivity index is 0.00000306. The lowest BCUT2D eigenvalue weighted by Gasteiger charge is -2.26. The second-order valence-corrected chi connectivity index (χ2v) is 8.24. The van der Waals surface area contributed by atoms with E-state index < -0.39 is 11.7 Å². The van der Waals surface area contributed by atoms with Crippen LogP contribution in [0.4, 0.5) is 13.2 Å². The molecule has 33 heavy (non-hydrogen) atoms. The first-order valence-corrected chi connectivity index (χ1v) is 10.7.